The Labute approximate surface area is 164 Å². The largest absolute Gasteiger partial charge is 0.493 e. The number of benzene rings is 2. The van der Waals surface area contributed by atoms with E-state index in [0.717, 1.165) is 5.75 Å². The fourth-order valence-electron chi connectivity index (χ4n) is 2.76. The van der Waals surface area contributed by atoms with Crippen molar-refractivity contribution >= 4 is 5.91 Å². The van der Waals surface area contributed by atoms with E-state index in [-0.39, 0.29) is 24.8 Å². The number of nitrogens with zero attached hydrogens (tertiary/aromatic N) is 1. The van der Waals surface area contributed by atoms with E-state index in [1.165, 1.54) is 6.07 Å². The van der Waals surface area contributed by atoms with Crippen molar-refractivity contribution in [2.24, 2.45) is 5.92 Å². The van der Waals surface area contributed by atoms with Crippen LogP contribution in [-0.2, 0) is 13.1 Å². The monoisotopic (exact) mass is 381 g/mol. The summed E-state index contributed by atoms with van der Waals surface area (Å²) in [4.78, 5) is 14.7. The summed E-state index contributed by atoms with van der Waals surface area (Å²) in [6.07, 6.45) is 1.56. The minimum absolute atomic E-state index is 0.151. The lowest BCUT2D eigenvalue weighted by Crippen LogP contribution is -2.30. The minimum Gasteiger partial charge on any atom is -0.493 e. The number of amides is 1. The van der Waals surface area contributed by atoms with Crippen LogP contribution in [0.4, 0.5) is 4.39 Å². The molecule has 0 radical (unpaired) electrons. The molecule has 146 valence electrons. The average Bonchev–Trinajstić information content (AvgIpc) is 3.20. The van der Waals surface area contributed by atoms with Crippen LogP contribution in [0.2, 0.25) is 0 Å². The molecule has 1 heterocycles. The predicted molar refractivity (Wildman–Crippen MR) is 105 cm³/mol. The van der Waals surface area contributed by atoms with E-state index in [0.29, 0.717) is 29.4 Å². The normalized spacial score (nSPS) is 10.9. The van der Waals surface area contributed by atoms with Crippen LogP contribution >= 0.6 is 0 Å². The van der Waals surface area contributed by atoms with Crippen molar-refractivity contribution < 1.29 is 18.3 Å². The lowest BCUT2D eigenvalue weighted by Gasteiger charge is -2.22. The molecule has 0 spiro atoms. The van der Waals surface area contributed by atoms with E-state index in [1.807, 2.05) is 0 Å². The number of halogens is 1. The average molecular weight is 381 g/mol. The molecule has 3 rings (SSSR count). The highest BCUT2D eigenvalue weighted by Gasteiger charge is 2.19. The van der Waals surface area contributed by atoms with Crippen molar-refractivity contribution in [3.8, 4) is 5.75 Å². The Morgan fingerprint density at radius 3 is 2.43 bits per heavy atom. The highest BCUT2D eigenvalue weighted by Crippen LogP contribution is 2.19. The first-order chi connectivity index (χ1) is 13.5. The van der Waals surface area contributed by atoms with Gasteiger partial charge in [-0.05, 0) is 48.4 Å². The molecule has 3 aromatic rings. The van der Waals surface area contributed by atoms with Gasteiger partial charge in [0.15, 0.2) is 0 Å². The van der Waals surface area contributed by atoms with Gasteiger partial charge in [-0.3, -0.25) is 4.79 Å². The van der Waals surface area contributed by atoms with Gasteiger partial charge in [-0.25, -0.2) is 4.39 Å². The van der Waals surface area contributed by atoms with Crippen molar-refractivity contribution in [3.05, 3.63) is 89.6 Å². The molecule has 4 nitrogen and oxygen atoms in total. The standard InChI is InChI=1S/C23H24FNO3/c1-17(2)16-28-20-11-9-18(10-12-20)23(26)25(15-21-7-5-13-27-21)14-19-6-3-4-8-22(19)24/h3-13,17H,14-16H2,1-2H3. The third kappa shape index (κ3) is 5.22. The molecule has 1 aromatic heterocycles. The summed E-state index contributed by atoms with van der Waals surface area (Å²) in [6, 6.07) is 17.1. The highest BCUT2D eigenvalue weighted by atomic mass is 19.1. The molecule has 0 saturated heterocycles. The van der Waals surface area contributed by atoms with Gasteiger partial charge in [0.25, 0.3) is 5.91 Å². The quantitative estimate of drug-likeness (QED) is 0.532. The molecule has 0 atom stereocenters. The maximum Gasteiger partial charge on any atom is 0.254 e. The van der Waals surface area contributed by atoms with Crippen LogP contribution in [0.15, 0.2) is 71.3 Å². The Morgan fingerprint density at radius 1 is 1.04 bits per heavy atom. The molecule has 0 aliphatic rings. The molecule has 0 fully saturated rings. The highest BCUT2D eigenvalue weighted by molar-refractivity contribution is 5.94. The zero-order valence-electron chi connectivity index (χ0n) is 16.1. The predicted octanol–water partition coefficient (Wildman–Crippen LogP) is 5.30. The molecule has 0 aliphatic heterocycles. The second kappa shape index (κ2) is 9.22. The molecule has 0 bridgehead atoms. The second-order valence-electron chi connectivity index (χ2n) is 7.06. The SMILES string of the molecule is CC(C)COc1ccc(C(=O)N(Cc2ccco2)Cc2ccccc2F)cc1. The van der Waals surface area contributed by atoms with Gasteiger partial charge in [-0.15, -0.1) is 0 Å². The van der Waals surface area contributed by atoms with Gasteiger partial charge >= 0.3 is 0 Å². The number of carbonyl (C=O) groups excluding carboxylic acids is 1. The number of carbonyl (C=O) groups is 1. The van der Waals surface area contributed by atoms with Gasteiger partial charge in [-0.2, -0.15) is 0 Å². The zero-order valence-corrected chi connectivity index (χ0v) is 16.1. The fourth-order valence-corrected chi connectivity index (χ4v) is 2.76. The maximum atomic E-state index is 14.1. The lowest BCUT2D eigenvalue weighted by molar-refractivity contribution is 0.0716. The summed E-state index contributed by atoms with van der Waals surface area (Å²) >= 11 is 0. The molecule has 0 unspecified atom stereocenters. The molecular weight excluding hydrogens is 357 g/mol. The van der Waals surface area contributed by atoms with Crippen LogP contribution in [0.25, 0.3) is 0 Å². The number of furan rings is 1. The lowest BCUT2D eigenvalue weighted by atomic mass is 10.1. The van der Waals surface area contributed by atoms with Gasteiger partial charge < -0.3 is 14.1 Å². The number of ether oxygens (including phenoxy) is 1. The van der Waals surface area contributed by atoms with Crippen LogP contribution in [0.3, 0.4) is 0 Å². The Balaban J connectivity index is 1.78. The van der Waals surface area contributed by atoms with Crippen molar-refractivity contribution in [2.45, 2.75) is 26.9 Å². The smallest absolute Gasteiger partial charge is 0.254 e. The Bertz CT molecular complexity index is 888. The second-order valence-corrected chi connectivity index (χ2v) is 7.06. The zero-order chi connectivity index (χ0) is 19.9. The summed E-state index contributed by atoms with van der Waals surface area (Å²) < 4.78 is 25.2. The molecule has 2 aromatic carbocycles. The van der Waals surface area contributed by atoms with E-state index in [1.54, 1.807) is 65.8 Å². The van der Waals surface area contributed by atoms with Crippen LogP contribution in [0.5, 0.6) is 5.75 Å². The first-order valence-corrected chi connectivity index (χ1v) is 9.31. The van der Waals surface area contributed by atoms with Crippen LogP contribution in [0.1, 0.15) is 35.5 Å². The minimum atomic E-state index is -0.336. The number of hydrogen-bond acceptors (Lipinski definition) is 3. The first-order valence-electron chi connectivity index (χ1n) is 9.31. The summed E-state index contributed by atoms with van der Waals surface area (Å²) in [7, 11) is 0. The Kier molecular flexibility index (Phi) is 6.48. The topological polar surface area (TPSA) is 42.7 Å². The van der Waals surface area contributed by atoms with Crippen LogP contribution in [0, 0.1) is 11.7 Å². The van der Waals surface area contributed by atoms with Gasteiger partial charge in [0, 0.05) is 17.7 Å². The summed E-state index contributed by atoms with van der Waals surface area (Å²) in [5.74, 6) is 1.25. The first kappa shape index (κ1) is 19.7. The Morgan fingerprint density at radius 2 is 1.79 bits per heavy atom. The van der Waals surface area contributed by atoms with Crippen LogP contribution < -0.4 is 4.74 Å². The molecule has 5 heteroatoms. The fraction of sp³-hybridized carbons (Fsp3) is 0.261. The Hall–Kier alpha value is -3.08. The molecule has 1 amide bonds. The van der Waals surface area contributed by atoms with Crippen molar-refractivity contribution in [1.29, 1.82) is 0 Å². The van der Waals surface area contributed by atoms with Crippen molar-refractivity contribution in [1.82, 2.24) is 4.90 Å². The van der Waals surface area contributed by atoms with Crippen molar-refractivity contribution in [2.75, 3.05) is 6.61 Å². The molecule has 0 saturated carbocycles. The third-order valence-corrected chi connectivity index (χ3v) is 4.22. The third-order valence-electron chi connectivity index (χ3n) is 4.22. The van der Waals surface area contributed by atoms with E-state index >= 15 is 0 Å². The summed E-state index contributed by atoms with van der Waals surface area (Å²) in [5.41, 5.74) is 0.971. The number of hydrogen-bond donors (Lipinski definition) is 0. The number of rotatable bonds is 8. The van der Waals surface area contributed by atoms with Gasteiger partial charge in [0.2, 0.25) is 0 Å². The van der Waals surface area contributed by atoms with E-state index in [4.69, 9.17) is 9.15 Å². The summed E-state index contributed by atoms with van der Waals surface area (Å²) in [5, 5.41) is 0. The summed E-state index contributed by atoms with van der Waals surface area (Å²) in [6.45, 7) is 5.18. The maximum absolute atomic E-state index is 14.1. The molecule has 28 heavy (non-hydrogen) atoms. The molecule has 0 N–H and O–H groups in total. The van der Waals surface area contributed by atoms with Gasteiger partial charge in [0.05, 0.1) is 19.4 Å². The molecule has 0 aliphatic carbocycles. The van der Waals surface area contributed by atoms with Crippen LogP contribution in [-0.4, -0.2) is 17.4 Å². The molecular formula is C23H24FNO3. The van der Waals surface area contributed by atoms with E-state index in [9.17, 15) is 9.18 Å². The van der Waals surface area contributed by atoms with Gasteiger partial charge in [-0.1, -0.05) is 32.0 Å². The van der Waals surface area contributed by atoms with E-state index < -0.39 is 0 Å². The van der Waals surface area contributed by atoms with E-state index in [2.05, 4.69) is 13.8 Å². The van der Waals surface area contributed by atoms with Gasteiger partial charge in [0.1, 0.15) is 17.3 Å². The van der Waals surface area contributed by atoms with Crippen molar-refractivity contribution in [3.63, 3.8) is 0 Å².